The average Bonchev–Trinajstić information content (AvgIpc) is 3.45. The van der Waals surface area contributed by atoms with Gasteiger partial charge in [-0.2, -0.15) is 0 Å². The molecule has 1 aromatic carbocycles. The molecule has 3 aromatic heterocycles. The second kappa shape index (κ2) is 8.89. The summed E-state index contributed by atoms with van der Waals surface area (Å²) in [7, 11) is 0. The average molecular weight is 491 g/mol. The van der Waals surface area contributed by atoms with Gasteiger partial charge in [0.25, 0.3) is 0 Å². The van der Waals surface area contributed by atoms with Crippen LogP contribution in [0.25, 0.3) is 22.2 Å². The van der Waals surface area contributed by atoms with Crippen molar-refractivity contribution in [3.63, 3.8) is 0 Å². The molecule has 2 N–H and O–H groups in total. The topological polar surface area (TPSA) is 113 Å². The first-order valence-corrected chi connectivity index (χ1v) is 11.2. The van der Waals surface area contributed by atoms with Crippen LogP contribution in [0.5, 0.6) is 0 Å². The minimum atomic E-state index is -0.372. The van der Waals surface area contributed by atoms with Crippen LogP contribution in [0.2, 0.25) is 0 Å². The number of carbonyl (C=O) groups excluding carboxylic acids is 1. The highest BCUT2D eigenvalue weighted by molar-refractivity contribution is 9.10. The summed E-state index contributed by atoms with van der Waals surface area (Å²) in [6.45, 7) is 0.409. The van der Waals surface area contributed by atoms with E-state index in [2.05, 4.69) is 36.3 Å². The maximum Gasteiger partial charge on any atom is 0.247 e. The van der Waals surface area contributed by atoms with E-state index >= 15 is 0 Å². The van der Waals surface area contributed by atoms with Crippen LogP contribution in [-0.2, 0) is 17.1 Å². The van der Waals surface area contributed by atoms with Crippen molar-refractivity contribution >= 4 is 44.9 Å². The fourth-order valence-corrected chi connectivity index (χ4v) is 4.34. The van der Waals surface area contributed by atoms with E-state index in [1.54, 1.807) is 11.3 Å². The van der Waals surface area contributed by atoms with Gasteiger partial charge in [0.1, 0.15) is 0 Å². The van der Waals surface area contributed by atoms with Crippen molar-refractivity contribution in [2.75, 3.05) is 0 Å². The quantitative estimate of drug-likeness (QED) is 0.371. The molecule has 0 unspecified atom stereocenters. The van der Waals surface area contributed by atoms with Crippen molar-refractivity contribution in [2.24, 2.45) is 5.73 Å². The Labute approximate surface area is 182 Å². The van der Waals surface area contributed by atoms with E-state index in [-0.39, 0.29) is 12.3 Å². The van der Waals surface area contributed by atoms with Gasteiger partial charge in [0.15, 0.2) is 11.0 Å². The van der Waals surface area contributed by atoms with Gasteiger partial charge in [0.2, 0.25) is 17.7 Å². The number of nitrogens with two attached hydrogens (primary N) is 1. The van der Waals surface area contributed by atoms with Crippen molar-refractivity contribution in [1.29, 1.82) is 0 Å². The predicted octanol–water partition coefficient (Wildman–Crippen LogP) is 3.99. The first kappa shape index (κ1) is 19.8. The summed E-state index contributed by atoms with van der Waals surface area (Å²) in [5, 5.41) is 19.4. The van der Waals surface area contributed by atoms with Crippen LogP contribution in [0, 0.1) is 0 Å². The second-order valence-electron chi connectivity index (χ2n) is 5.95. The first-order valence-electron chi connectivity index (χ1n) is 8.56. The van der Waals surface area contributed by atoms with Crippen molar-refractivity contribution < 1.29 is 9.21 Å². The van der Waals surface area contributed by atoms with Gasteiger partial charge in [-0.05, 0) is 35.7 Å². The number of hydrogen-bond acceptors (Lipinski definition) is 8. The molecule has 0 saturated carbocycles. The summed E-state index contributed by atoms with van der Waals surface area (Å²) in [6.07, 6.45) is 0.207. The zero-order chi connectivity index (χ0) is 20.2. The molecule has 0 aliphatic heterocycles. The molecule has 0 radical (unpaired) electrons. The number of thioether (sulfide) groups is 1. The van der Waals surface area contributed by atoms with Gasteiger partial charge >= 0.3 is 0 Å². The lowest BCUT2D eigenvalue weighted by Gasteiger charge is -2.07. The number of nitrogens with zero attached hydrogens (tertiary/aromatic N) is 5. The highest BCUT2D eigenvalue weighted by Gasteiger charge is 2.17. The summed E-state index contributed by atoms with van der Waals surface area (Å²) in [5.74, 6) is 1.72. The molecule has 0 aliphatic rings. The Kier molecular flexibility index (Phi) is 6.07. The molecule has 0 fully saturated rings. The maximum absolute atomic E-state index is 11.3. The molecule has 8 nitrogen and oxygen atoms in total. The Morgan fingerprint density at radius 3 is 2.72 bits per heavy atom. The fourth-order valence-electron chi connectivity index (χ4n) is 2.55. The minimum absolute atomic E-state index is 0.207. The second-order valence-corrected chi connectivity index (χ2v) is 8.75. The Morgan fingerprint density at radius 2 is 2.00 bits per heavy atom. The van der Waals surface area contributed by atoms with E-state index in [9.17, 15) is 4.79 Å². The van der Waals surface area contributed by atoms with E-state index < -0.39 is 0 Å². The number of primary amides is 1. The SMILES string of the molecule is NC(=O)CCn1c(SCc2nnc(-c3ccc(Br)cc3)o2)nnc1-c1cccs1. The number of benzene rings is 1. The number of aromatic nitrogens is 5. The lowest BCUT2D eigenvalue weighted by molar-refractivity contribution is -0.118. The molecule has 4 rings (SSSR count). The highest BCUT2D eigenvalue weighted by Crippen LogP contribution is 2.29. The minimum Gasteiger partial charge on any atom is -0.420 e. The van der Waals surface area contributed by atoms with Crippen molar-refractivity contribution in [3.05, 3.63) is 52.1 Å². The Morgan fingerprint density at radius 1 is 1.17 bits per heavy atom. The van der Waals surface area contributed by atoms with Gasteiger partial charge in [-0.25, -0.2) is 0 Å². The van der Waals surface area contributed by atoms with Crippen LogP contribution in [0.4, 0.5) is 0 Å². The van der Waals surface area contributed by atoms with Crippen molar-refractivity contribution in [2.45, 2.75) is 23.9 Å². The predicted molar refractivity (Wildman–Crippen MR) is 114 cm³/mol. The molecule has 11 heteroatoms. The van der Waals surface area contributed by atoms with Crippen molar-refractivity contribution in [3.8, 4) is 22.2 Å². The lowest BCUT2D eigenvalue weighted by atomic mass is 10.2. The smallest absolute Gasteiger partial charge is 0.247 e. The lowest BCUT2D eigenvalue weighted by Crippen LogP contribution is -2.14. The molecule has 3 heterocycles. The molecule has 0 bridgehead atoms. The Balaban J connectivity index is 1.51. The molecule has 148 valence electrons. The van der Waals surface area contributed by atoms with Crippen LogP contribution in [0.3, 0.4) is 0 Å². The zero-order valence-electron chi connectivity index (χ0n) is 15.0. The molecule has 0 saturated heterocycles. The van der Waals surface area contributed by atoms with Gasteiger partial charge in [-0.15, -0.1) is 31.7 Å². The molecule has 0 aliphatic carbocycles. The normalized spacial score (nSPS) is 11.1. The summed E-state index contributed by atoms with van der Waals surface area (Å²) in [4.78, 5) is 12.2. The van der Waals surface area contributed by atoms with E-state index in [1.807, 2.05) is 46.3 Å². The molecule has 1 amide bonds. The van der Waals surface area contributed by atoms with Crippen LogP contribution < -0.4 is 5.73 Å². The third kappa shape index (κ3) is 4.74. The van der Waals surface area contributed by atoms with Crippen LogP contribution >= 0.6 is 39.0 Å². The van der Waals surface area contributed by atoms with Gasteiger partial charge in [-0.1, -0.05) is 33.8 Å². The fraction of sp³-hybridized carbons (Fsp3) is 0.167. The van der Waals surface area contributed by atoms with Crippen LogP contribution in [0.15, 0.2) is 55.8 Å². The third-order valence-corrected chi connectivity index (χ3v) is 6.27. The summed E-state index contributed by atoms with van der Waals surface area (Å²) in [6, 6.07) is 11.6. The highest BCUT2D eigenvalue weighted by atomic mass is 79.9. The van der Waals surface area contributed by atoms with E-state index in [0.29, 0.717) is 35.1 Å². The first-order chi connectivity index (χ1) is 14.1. The Bertz CT molecular complexity index is 1110. The molecule has 0 atom stereocenters. The summed E-state index contributed by atoms with van der Waals surface area (Å²) < 4.78 is 8.64. The van der Waals surface area contributed by atoms with Crippen LogP contribution in [0.1, 0.15) is 12.3 Å². The summed E-state index contributed by atoms with van der Waals surface area (Å²) in [5.41, 5.74) is 6.18. The molecule has 0 spiro atoms. The number of thiophene rings is 1. The maximum atomic E-state index is 11.3. The number of carbonyl (C=O) groups is 1. The van der Waals surface area contributed by atoms with Crippen molar-refractivity contribution in [1.82, 2.24) is 25.0 Å². The zero-order valence-corrected chi connectivity index (χ0v) is 18.2. The van der Waals surface area contributed by atoms with Gasteiger partial charge in [0.05, 0.1) is 10.6 Å². The number of rotatable bonds is 8. The molecule has 4 aromatic rings. The largest absolute Gasteiger partial charge is 0.420 e. The van der Waals surface area contributed by atoms with Crippen LogP contribution in [-0.4, -0.2) is 30.9 Å². The van der Waals surface area contributed by atoms with Gasteiger partial charge < -0.3 is 14.7 Å². The monoisotopic (exact) mass is 490 g/mol. The standard InChI is InChI=1S/C18H15BrN6O2S2/c19-12-5-3-11(4-6-12)17-23-21-15(27-17)10-29-18-24-22-16(13-2-1-9-28-13)25(18)8-7-14(20)26/h1-6,9H,7-8,10H2,(H2,20,26). The number of hydrogen-bond donors (Lipinski definition) is 1. The molecule has 29 heavy (non-hydrogen) atoms. The Hall–Kier alpha value is -2.50. The summed E-state index contributed by atoms with van der Waals surface area (Å²) >= 11 is 6.39. The van der Waals surface area contributed by atoms with E-state index in [0.717, 1.165) is 14.9 Å². The van der Waals surface area contributed by atoms with E-state index in [4.69, 9.17) is 10.2 Å². The van der Waals surface area contributed by atoms with Gasteiger partial charge in [-0.3, -0.25) is 4.79 Å². The van der Waals surface area contributed by atoms with E-state index in [1.165, 1.54) is 11.8 Å². The number of halogens is 1. The van der Waals surface area contributed by atoms with Gasteiger partial charge in [0, 0.05) is 23.0 Å². The third-order valence-electron chi connectivity index (χ3n) is 3.92. The number of amides is 1. The molecular formula is C18H15BrN6O2S2. The molecular weight excluding hydrogens is 476 g/mol.